The minimum absolute atomic E-state index is 0.436. The molecule has 1 amide bonds. The number of benzene rings is 3. The standard InChI is InChI=1S/C23H17F2NO4/c24-18-10-6-16(7-11-18)23(17-8-12-19(25)13-9-17)21(15-4-2-1-3-5-15)26(14-20(27)28)22(29)30-23/h1-13,21H,14H2,(H,27,28). The van der Waals surface area contributed by atoms with E-state index < -0.39 is 41.9 Å². The molecule has 152 valence electrons. The summed E-state index contributed by atoms with van der Waals surface area (Å²) >= 11 is 0. The molecule has 1 aliphatic rings. The van der Waals surface area contributed by atoms with Crippen molar-refractivity contribution in [2.75, 3.05) is 6.54 Å². The number of amides is 1. The molecule has 1 saturated heterocycles. The highest BCUT2D eigenvalue weighted by Gasteiger charge is 2.57. The number of carbonyl (C=O) groups excluding carboxylic acids is 1. The highest BCUT2D eigenvalue weighted by molar-refractivity contribution is 5.80. The van der Waals surface area contributed by atoms with Crippen LogP contribution in [0.25, 0.3) is 0 Å². The SMILES string of the molecule is O=C(O)CN1C(=O)OC(c2ccc(F)cc2)(c2ccc(F)cc2)C1c1ccccc1. The summed E-state index contributed by atoms with van der Waals surface area (Å²) in [5, 5.41) is 9.39. The second-order valence-electron chi connectivity index (χ2n) is 6.95. The Kier molecular flexibility index (Phi) is 4.95. The Hall–Kier alpha value is -3.74. The molecule has 0 spiro atoms. The Morgan fingerprint density at radius 2 is 1.40 bits per heavy atom. The molecule has 1 heterocycles. The molecule has 30 heavy (non-hydrogen) atoms. The first-order valence-electron chi connectivity index (χ1n) is 9.20. The zero-order chi connectivity index (χ0) is 21.3. The van der Waals surface area contributed by atoms with Crippen molar-refractivity contribution < 1.29 is 28.2 Å². The molecule has 0 saturated carbocycles. The Balaban J connectivity index is 2.00. The number of ether oxygens (including phenoxy) is 1. The van der Waals surface area contributed by atoms with Crippen LogP contribution in [0.2, 0.25) is 0 Å². The molecular weight excluding hydrogens is 392 g/mol. The topological polar surface area (TPSA) is 66.8 Å². The third-order valence-corrected chi connectivity index (χ3v) is 5.15. The van der Waals surface area contributed by atoms with E-state index in [-0.39, 0.29) is 0 Å². The molecule has 7 heteroatoms. The first-order chi connectivity index (χ1) is 14.4. The van der Waals surface area contributed by atoms with Gasteiger partial charge in [0.15, 0.2) is 5.60 Å². The Morgan fingerprint density at radius 1 is 0.900 bits per heavy atom. The first kappa shape index (κ1) is 19.6. The number of aliphatic carboxylic acids is 1. The van der Waals surface area contributed by atoms with Gasteiger partial charge in [0.2, 0.25) is 0 Å². The normalized spacial score (nSPS) is 17.6. The fourth-order valence-electron chi connectivity index (χ4n) is 3.92. The third-order valence-electron chi connectivity index (χ3n) is 5.15. The number of carboxylic acids is 1. The van der Waals surface area contributed by atoms with Crippen LogP contribution < -0.4 is 0 Å². The Bertz CT molecular complexity index is 1020. The summed E-state index contributed by atoms with van der Waals surface area (Å²) < 4.78 is 33.2. The van der Waals surface area contributed by atoms with E-state index in [4.69, 9.17) is 4.74 Å². The highest BCUT2D eigenvalue weighted by Crippen LogP contribution is 2.52. The van der Waals surface area contributed by atoms with Crippen LogP contribution in [0, 0.1) is 11.6 Å². The van der Waals surface area contributed by atoms with Crippen molar-refractivity contribution in [2.45, 2.75) is 11.6 Å². The molecule has 5 nitrogen and oxygen atoms in total. The molecule has 1 unspecified atom stereocenters. The average Bonchev–Trinajstić information content (AvgIpc) is 3.02. The molecule has 0 bridgehead atoms. The molecule has 1 fully saturated rings. The van der Waals surface area contributed by atoms with E-state index in [0.717, 1.165) is 4.90 Å². The van der Waals surface area contributed by atoms with Gasteiger partial charge in [-0.1, -0.05) is 54.6 Å². The maximum atomic E-state index is 13.7. The number of cyclic esters (lactones) is 1. The first-order valence-corrected chi connectivity index (χ1v) is 9.20. The van der Waals surface area contributed by atoms with Gasteiger partial charge in [-0.05, 0) is 29.8 Å². The van der Waals surface area contributed by atoms with Crippen LogP contribution in [-0.4, -0.2) is 28.6 Å². The number of nitrogens with zero attached hydrogens (tertiary/aromatic N) is 1. The van der Waals surface area contributed by atoms with E-state index in [9.17, 15) is 23.5 Å². The van der Waals surface area contributed by atoms with E-state index in [1.165, 1.54) is 48.5 Å². The lowest BCUT2D eigenvalue weighted by atomic mass is 9.77. The maximum Gasteiger partial charge on any atom is 0.412 e. The molecule has 1 atom stereocenters. The summed E-state index contributed by atoms with van der Waals surface area (Å²) in [7, 11) is 0. The second kappa shape index (κ2) is 7.59. The quantitative estimate of drug-likeness (QED) is 0.675. The minimum Gasteiger partial charge on any atom is -0.480 e. The number of hydrogen-bond donors (Lipinski definition) is 1. The van der Waals surface area contributed by atoms with Gasteiger partial charge < -0.3 is 9.84 Å². The van der Waals surface area contributed by atoms with Gasteiger partial charge in [0, 0.05) is 11.1 Å². The van der Waals surface area contributed by atoms with E-state index >= 15 is 0 Å². The van der Waals surface area contributed by atoms with Crippen LogP contribution in [0.3, 0.4) is 0 Å². The van der Waals surface area contributed by atoms with Crippen molar-refractivity contribution in [2.24, 2.45) is 0 Å². The zero-order valence-electron chi connectivity index (χ0n) is 15.7. The summed E-state index contributed by atoms with van der Waals surface area (Å²) in [6.07, 6.45) is -0.833. The lowest BCUT2D eigenvalue weighted by molar-refractivity contribution is -0.138. The molecule has 3 aromatic carbocycles. The predicted octanol–water partition coefficient (Wildman–Crippen LogP) is 4.49. The maximum absolute atomic E-state index is 13.7. The van der Waals surface area contributed by atoms with Crippen LogP contribution in [0.15, 0.2) is 78.9 Å². The molecular formula is C23H17F2NO4. The van der Waals surface area contributed by atoms with Crippen LogP contribution in [-0.2, 0) is 15.1 Å². The van der Waals surface area contributed by atoms with Gasteiger partial charge in [0.1, 0.15) is 24.2 Å². The number of rotatable bonds is 5. The van der Waals surface area contributed by atoms with Gasteiger partial charge in [-0.25, -0.2) is 13.6 Å². The van der Waals surface area contributed by atoms with Crippen LogP contribution in [0.1, 0.15) is 22.7 Å². The number of carboxylic acid groups (broad SMARTS) is 1. The van der Waals surface area contributed by atoms with Crippen molar-refractivity contribution in [1.82, 2.24) is 4.90 Å². The van der Waals surface area contributed by atoms with Gasteiger partial charge >= 0.3 is 12.1 Å². The molecule has 0 radical (unpaired) electrons. The van der Waals surface area contributed by atoms with Crippen molar-refractivity contribution in [3.8, 4) is 0 Å². The van der Waals surface area contributed by atoms with Gasteiger partial charge in [0.05, 0.1) is 0 Å². The van der Waals surface area contributed by atoms with Crippen LogP contribution in [0.5, 0.6) is 0 Å². The van der Waals surface area contributed by atoms with Crippen LogP contribution in [0.4, 0.5) is 13.6 Å². The van der Waals surface area contributed by atoms with Gasteiger partial charge in [-0.15, -0.1) is 0 Å². The second-order valence-corrected chi connectivity index (χ2v) is 6.95. The molecule has 4 rings (SSSR count). The Morgan fingerprint density at radius 3 is 1.87 bits per heavy atom. The fourth-order valence-corrected chi connectivity index (χ4v) is 3.92. The fraction of sp³-hybridized carbons (Fsp3) is 0.130. The molecule has 1 N–H and O–H groups in total. The predicted molar refractivity (Wildman–Crippen MR) is 104 cm³/mol. The number of halogens is 2. The Labute approximate surface area is 171 Å². The lowest BCUT2D eigenvalue weighted by Gasteiger charge is -2.36. The molecule has 3 aromatic rings. The number of hydrogen-bond acceptors (Lipinski definition) is 3. The summed E-state index contributed by atoms with van der Waals surface area (Å²) in [5.74, 6) is -2.16. The summed E-state index contributed by atoms with van der Waals surface area (Å²) in [6, 6.07) is 18.8. The lowest BCUT2D eigenvalue weighted by Crippen LogP contribution is -2.39. The zero-order valence-corrected chi connectivity index (χ0v) is 15.7. The van der Waals surface area contributed by atoms with E-state index in [1.54, 1.807) is 30.3 Å². The van der Waals surface area contributed by atoms with Crippen molar-refractivity contribution in [1.29, 1.82) is 0 Å². The average molecular weight is 409 g/mol. The van der Waals surface area contributed by atoms with Crippen molar-refractivity contribution in [3.05, 3.63) is 107 Å². The highest BCUT2D eigenvalue weighted by atomic mass is 19.1. The number of carbonyl (C=O) groups is 2. The van der Waals surface area contributed by atoms with E-state index in [1.807, 2.05) is 0 Å². The third kappa shape index (κ3) is 3.28. The van der Waals surface area contributed by atoms with Gasteiger partial charge in [0.25, 0.3) is 0 Å². The van der Waals surface area contributed by atoms with Crippen molar-refractivity contribution in [3.63, 3.8) is 0 Å². The largest absolute Gasteiger partial charge is 0.480 e. The van der Waals surface area contributed by atoms with Crippen molar-refractivity contribution >= 4 is 12.1 Å². The van der Waals surface area contributed by atoms with Crippen LogP contribution >= 0.6 is 0 Å². The molecule has 1 aliphatic heterocycles. The van der Waals surface area contributed by atoms with Gasteiger partial charge in [-0.3, -0.25) is 9.69 Å². The smallest absolute Gasteiger partial charge is 0.412 e. The molecule has 0 aliphatic carbocycles. The van der Waals surface area contributed by atoms with E-state index in [0.29, 0.717) is 16.7 Å². The summed E-state index contributed by atoms with van der Waals surface area (Å²) in [5.41, 5.74) is -0.00981. The summed E-state index contributed by atoms with van der Waals surface area (Å²) in [4.78, 5) is 25.5. The van der Waals surface area contributed by atoms with E-state index in [2.05, 4.69) is 0 Å². The minimum atomic E-state index is -1.50. The molecule has 0 aromatic heterocycles. The van der Waals surface area contributed by atoms with Gasteiger partial charge in [-0.2, -0.15) is 0 Å². The monoisotopic (exact) mass is 409 g/mol. The summed E-state index contributed by atoms with van der Waals surface area (Å²) in [6.45, 7) is -0.595.